The number of carbonyl (C=O) groups is 1. The molecule has 1 fully saturated rings. The number of thiophene rings is 1. The smallest absolute Gasteiger partial charge is 0.239 e. The second-order valence-electron chi connectivity index (χ2n) is 8.22. The lowest BCUT2D eigenvalue weighted by Gasteiger charge is -2.40. The largest absolute Gasteiger partial charge is 0.369 e. The van der Waals surface area contributed by atoms with E-state index in [1.165, 1.54) is 29.6 Å². The van der Waals surface area contributed by atoms with E-state index in [4.69, 9.17) is 10.7 Å². The molecule has 3 heterocycles. The van der Waals surface area contributed by atoms with E-state index in [0.717, 1.165) is 21.6 Å². The number of hydrogen-bond acceptors (Lipinski definition) is 6. The van der Waals surface area contributed by atoms with Gasteiger partial charge in [0.15, 0.2) is 5.96 Å². The predicted molar refractivity (Wildman–Crippen MR) is 118 cm³/mol. The first-order valence-electron chi connectivity index (χ1n) is 10.0. The van der Waals surface area contributed by atoms with Gasteiger partial charge in [-0.1, -0.05) is 24.3 Å². The molecule has 6 nitrogen and oxygen atoms in total. The van der Waals surface area contributed by atoms with Gasteiger partial charge in [0.2, 0.25) is 5.91 Å². The molecule has 1 aliphatic heterocycles. The fourth-order valence-corrected chi connectivity index (χ4v) is 5.22. The molecule has 0 bridgehead atoms. The van der Waals surface area contributed by atoms with E-state index in [0.29, 0.717) is 5.92 Å². The minimum atomic E-state index is -0.784. The van der Waals surface area contributed by atoms with Crippen LogP contribution in [0.15, 0.2) is 59.4 Å². The summed E-state index contributed by atoms with van der Waals surface area (Å²) in [6, 6.07) is 10.6. The number of hydrogen-bond donors (Lipinski definition) is 1. The van der Waals surface area contributed by atoms with E-state index in [-0.39, 0.29) is 11.9 Å². The van der Waals surface area contributed by atoms with Crippen molar-refractivity contribution >= 4 is 23.2 Å². The third-order valence-corrected chi connectivity index (χ3v) is 7.30. The van der Waals surface area contributed by atoms with Crippen LogP contribution in [0.4, 0.5) is 0 Å². The maximum Gasteiger partial charge on any atom is 0.239 e. The van der Waals surface area contributed by atoms with Gasteiger partial charge in [0.25, 0.3) is 0 Å². The molecule has 7 heteroatoms. The lowest BCUT2D eigenvalue weighted by Crippen LogP contribution is -2.52. The molecule has 2 aromatic heterocycles. The Bertz CT molecular complexity index is 1120. The highest BCUT2D eigenvalue weighted by Gasteiger charge is 2.48. The molecular formula is C23H23N5OS. The Hall–Kier alpha value is -3.06. The summed E-state index contributed by atoms with van der Waals surface area (Å²) >= 11 is 1.58. The summed E-state index contributed by atoms with van der Waals surface area (Å²) in [6.45, 7) is 2.00. The highest BCUT2D eigenvalue weighted by Crippen LogP contribution is 2.47. The molecule has 1 aliphatic carbocycles. The number of nitrogens with zero attached hydrogens (tertiary/aromatic N) is 4. The number of rotatable bonds is 4. The zero-order valence-electron chi connectivity index (χ0n) is 16.9. The van der Waals surface area contributed by atoms with Gasteiger partial charge in [-0.05, 0) is 53.8 Å². The van der Waals surface area contributed by atoms with Crippen molar-refractivity contribution in [3.8, 4) is 11.1 Å². The molecule has 0 radical (unpaired) electrons. The zero-order valence-corrected chi connectivity index (χ0v) is 17.8. The molecule has 0 spiro atoms. The van der Waals surface area contributed by atoms with Crippen molar-refractivity contribution in [3.63, 3.8) is 0 Å². The first-order valence-corrected chi connectivity index (χ1v) is 10.9. The first-order chi connectivity index (χ1) is 14.5. The van der Waals surface area contributed by atoms with Crippen molar-refractivity contribution in [3.05, 3.63) is 70.4 Å². The number of guanidine groups is 1. The van der Waals surface area contributed by atoms with E-state index in [1.807, 2.05) is 6.92 Å². The van der Waals surface area contributed by atoms with E-state index in [1.54, 1.807) is 30.8 Å². The molecule has 3 aromatic rings. The summed E-state index contributed by atoms with van der Waals surface area (Å²) < 4.78 is 0. The van der Waals surface area contributed by atoms with Crippen molar-refractivity contribution in [2.24, 2.45) is 10.7 Å². The number of nitrogens with two attached hydrogens (primary N) is 1. The average molecular weight is 418 g/mol. The van der Waals surface area contributed by atoms with Gasteiger partial charge in [0.1, 0.15) is 11.9 Å². The lowest BCUT2D eigenvalue weighted by molar-refractivity contribution is -0.130. The van der Waals surface area contributed by atoms with E-state index >= 15 is 0 Å². The standard InChI is InChI=1S/C23H23N5OS/c1-23(19-9-17(12-30-19)18-10-25-13-26-11-18)20(21(29)28(2)22(24)27-23)16-7-5-15(6-8-16)14-3-4-14/h5-14,20H,3-4H2,1-2H3,(H2,24,27)/t20-,23?/m1/s1. The van der Waals surface area contributed by atoms with Crippen LogP contribution in [0.3, 0.4) is 0 Å². The number of likely N-dealkylation sites (N-methyl/N-ethyl adjacent to an activating group) is 1. The van der Waals surface area contributed by atoms with E-state index in [2.05, 4.69) is 45.7 Å². The Morgan fingerprint density at radius 3 is 2.43 bits per heavy atom. The monoisotopic (exact) mass is 417 g/mol. The Morgan fingerprint density at radius 2 is 1.77 bits per heavy atom. The van der Waals surface area contributed by atoms with Crippen LogP contribution in [-0.4, -0.2) is 33.8 Å². The second-order valence-corrected chi connectivity index (χ2v) is 9.13. The van der Waals surface area contributed by atoms with Gasteiger partial charge in [-0.2, -0.15) is 0 Å². The van der Waals surface area contributed by atoms with Gasteiger partial charge in [0.05, 0.1) is 5.92 Å². The molecular weight excluding hydrogens is 394 g/mol. The molecule has 5 rings (SSSR count). The molecule has 1 amide bonds. The van der Waals surface area contributed by atoms with Crippen LogP contribution in [0.5, 0.6) is 0 Å². The molecule has 152 valence electrons. The van der Waals surface area contributed by atoms with Crippen molar-refractivity contribution < 1.29 is 4.79 Å². The number of aliphatic imine (C=N–C) groups is 1. The summed E-state index contributed by atoms with van der Waals surface area (Å²) in [6.07, 6.45) is 7.59. The van der Waals surface area contributed by atoms with Gasteiger partial charge in [-0.15, -0.1) is 11.3 Å². The summed E-state index contributed by atoms with van der Waals surface area (Å²) in [7, 11) is 1.69. The summed E-state index contributed by atoms with van der Waals surface area (Å²) in [4.78, 5) is 28.9. The Kier molecular flexibility index (Phi) is 4.43. The highest BCUT2D eigenvalue weighted by atomic mass is 32.1. The van der Waals surface area contributed by atoms with Crippen molar-refractivity contribution in [1.82, 2.24) is 14.9 Å². The Morgan fingerprint density at radius 1 is 1.10 bits per heavy atom. The van der Waals surface area contributed by atoms with Crippen molar-refractivity contribution in [1.29, 1.82) is 0 Å². The molecule has 30 heavy (non-hydrogen) atoms. The molecule has 2 aliphatic rings. The maximum absolute atomic E-state index is 13.4. The van der Waals surface area contributed by atoms with Crippen LogP contribution in [-0.2, 0) is 10.3 Å². The molecule has 0 saturated heterocycles. The summed E-state index contributed by atoms with van der Waals surface area (Å²) in [5.41, 5.74) is 9.63. The van der Waals surface area contributed by atoms with Crippen LogP contribution < -0.4 is 5.73 Å². The van der Waals surface area contributed by atoms with Crippen LogP contribution in [0, 0.1) is 0 Å². The maximum atomic E-state index is 13.4. The van der Waals surface area contributed by atoms with Gasteiger partial charge in [-0.25, -0.2) is 15.0 Å². The fraction of sp³-hybridized carbons (Fsp3) is 0.304. The topological polar surface area (TPSA) is 84.5 Å². The minimum Gasteiger partial charge on any atom is -0.369 e. The number of carbonyl (C=O) groups excluding carboxylic acids is 1. The minimum absolute atomic E-state index is 0.0397. The lowest BCUT2D eigenvalue weighted by atomic mass is 9.77. The quantitative estimate of drug-likeness (QED) is 0.698. The second kappa shape index (κ2) is 7.02. The van der Waals surface area contributed by atoms with Gasteiger partial charge < -0.3 is 5.73 Å². The normalized spacial score (nSPS) is 24.1. The fourth-order valence-electron chi connectivity index (χ4n) is 4.17. The van der Waals surface area contributed by atoms with Crippen LogP contribution in [0.25, 0.3) is 11.1 Å². The summed E-state index contributed by atoms with van der Waals surface area (Å²) in [5.74, 6) is 0.437. The van der Waals surface area contributed by atoms with Gasteiger partial charge in [-0.3, -0.25) is 9.69 Å². The molecule has 1 saturated carbocycles. The van der Waals surface area contributed by atoms with Gasteiger partial charge >= 0.3 is 0 Å². The molecule has 1 aromatic carbocycles. The van der Waals surface area contributed by atoms with Crippen LogP contribution in [0.2, 0.25) is 0 Å². The zero-order chi connectivity index (χ0) is 20.9. The average Bonchev–Trinajstić information content (AvgIpc) is 3.48. The van der Waals surface area contributed by atoms with Crippen LogP contribution >= 0.6 is 11.3 Å². The molecule has 1 unspecified atom stereocenters. The van der Waals surface area contributed by atoms with Crippen molar-refractivity contribution in [2.45, 2.75) is 37.1 Å². The van der Waals surface area contributed by atoms with Crippen molar-refractivity contribution in [2.75, 3.05) is 7.05 Å². The third-order valence-electron chi connectivity index (χ3n) is 6.14. The molecule has 2 N–H and O–H groups in total. The summed E-state index contributed by atoms with van der Waals surface area (Å²) in [5, 5.41) is 2.06. The number of amides is 1. The molecule has 2 atom stereocenters. The predicted octanol–water partition coefficient (Wildman–Crippen LogP) is 3.87. The SMILES string of the molecule is CN1C(=O)[C@@H](c2ccc(C3CC3)cc2)C(C)(c2cc(-c3cncnc3)cs2)N=C1N. The highest BCUT2D eigenvalue weighted by molar-refractivity contribution is 7.10. The Balaban J connectivity index is 1.59. The van der Waals surface area contributed by atoms with Crippen LogP contribution in [0.1, 0.15) is 47.6 Å². The Labute approximate surface area is 179 Å². The first kappa shape index (κ1) is 18.9. The van der Waals surface area contributed by atoms with E-state index < -0.39 is 11.5 Å². The number of aromatic nitrogens is 2. The third kappa shape index (κ3) is 3.10. The number of benzene rings is 1. The van der Waals surface area contributed by atoms with Gasteiger partial charge in [0, 0.05) is 29.9 Å². The van der Waals surface area contributed by atoms with E-state index in [9.17, 15) is 4.79 Å².